The van der Waals surface area contributed by atoms with E-state index in [0.717, 1.165) is 61.8 Å². The highest BCUT2D eigenvalue weighted by atomic mass is 16.4. The summed E-state index contributed by atoms with van der Waals surface area (Å²) >= 11 is 0. The van der Waals surface area contributed by atoms with Gasteiger partial charge in [-0.3, -0.25) is 9.55 Å². The molecule has 0 amide bonds. The number of fused-ring (bicyclic) bond motifs is 1. The lowest BCUT2D eigenvalue weighted by molar-refractivity contribution is -0.134. The first-order chi connectivity index (χ1) is 19.5. The zero-order chi connectivity index (χ0) is 28.2. The van der Waals surface area contributed by atoms with Crippen LogP contribution in [0.2, 0.25) is 0 Å². The molecule has 0 bridgehead atoms. The summed E-state index contributed by atoms with van der Waals surface area (Å²) < 4.78 is 2.13. The lowest BCUT2D eigenvalue weighted by Crippen LogP contribution is -2.41. The number of likely N-dealkylation sites (tertiary alicyclic amines) is 1. The highest BCUT2D eigenvalue weighted by Crippen LogP contribution is 2.22. The summed E-state index contributed by atoms with van der Waals surface area (Å²) in [5.41, 5.74) is 2.77. The summed E-state index contributed by atoms with van der Waals surface area (Å²) in [6.45, 7) is 4.56. The average Bonchev–Trinajstić information content (AvgIpc) is 3.31. The number of hydrogen-bond acceptors (Lipinski definition) is 10. The third kappa shape index (κ3) is 8.56. The normalized spacial score (nSPS) is 14.0. The summed E-state index contributed by atoms with van der Waals surface area (Å²) in [5, 5.41) is 22.6. The van der Waals surface area contributed by atoms with Crippen molar-refractivity contribution < 1.29 is 19.8 Å². The monoisotopic (exact) mass is 545 g/mol. The fourth-order valence-corrected chi connectivity index (χ4v) is 4.21. The van der Waals surface area contributed by atoms with E-state index in [2.05, 4.69) is 40.0 Å². The van der Waals surface area contributed by atoms with Gasteiger partial charge in [0.15, 0.2) is 5.65 Å². The Morgan fingerprint density at radius 1 is 0.900 bits per heavy atom. The molecule has 0 unspecified atom stereocenters. The quantitative estimate of drug-likeness (QED) is 0.215. The number of nitrogens with one attached hydrogen (secondary N) is 2. The van der Waals surface area contributed by atoms with Crippen molar-refractivity contribution in [2.75, 3.05) is 36.8 Å². The topological polar surface area (TPSA) is 171 Å². The third-order valence-corrected chi connectivity index (χ3v) is 6.12. The van der Waals surface area contributed by atoms with Gasteiger partial charge in [-0.05, 0) is 43.2 Å². The van der Waals surface area contributed by atoms with E-state index in [1.807, 2.05) is 48.8 Å². The fraction of sp³-hybridized carbons (Fsp3) is 0.296. The molecule has 0 spiro atoms. The fourth-order valence-electron chi connectivity index (χ4n) is 4.21. The number of aliphatic carboxylic acids is 2. The molecule has 0 aromatic carbocycles. The van der Waals surface area contributed by atoms with E-state index in [9.17, 15) is 9.59 Å². The van der Waals surface area contributed by atoms with Crippen LogP contribution < -0.4 is 10.6 Å². The molecule has 1 saturated heterocycles. The van der Waals surface area contributed by atoms with Crippen LogP contribution in [0.1, 0.15) is 18.5 Å². The first-order valence-corrected chi connectivity index (χ1v) is 12.8. The maximum atomic E-state index is 9.55. The molecule has 1 fully saturated rings. The van der Waals surface area contributed by atoms with E-state index in [-0.39, 0.29) is 0 Å². The van der Waals surface area contributed by atoms with E-state index >= 15 is 0 Å². The van der Waals surface area contributed by atoms with Crippen LogP contribution in [0.15, 0.2) is 73.3 Å². The molecule has 5 rings (SSSR count). The summed E-state index contributed by atoms with van der Waals surface area (Å²) in [5.74, 6) is -0.963. The Morgan fingerprint density at radius 3 is 2.27 bits per heavy atom. The van der Waals surface area contributed by atoms with Crippen molar-refractivity contribution in [2.24, 2.45) is 0 Å². The second-order valence-corrected chi connectivity index (χ2v) is 8.96. The van der Waals surface area contributed by atoms with Gasteiger partial charge in [-0.25, -0.2) is 29.5 Å². The van der Waals surface area contributed by atoms with Crippen molar-refractivity contribution in [3.8, 4) is 0 Å². The number of anilines is 2. The third-order valence-electron chi connectivity index (χ3n) is 6.12. The van der Waals surface area contributed by atoms with Gasteiger partial charge in [0.1, 0.15) is 5.52 Å². The number of carbonyl (C=O) groups is 2. The van der Waals surface area contributed by atoms with Crippen LogP contribution in [0, 0.1) is 0 Å². The molecule has 0 atom stereocenters. The van der Waals surface area contributed by atoms with Crippen LogP contribution in [0.25, 0.3) is 11.2 Å². The minimum absolute atomic E-state index is 0.385. The number of pyridine rings is 2. The molecule has 208 valence electrons. The van der Waals surface area contributed by atoms with E-state index in [4.69, 9.17) is 15.2 Å². The van der Waals surface area contributed by atoms with Crippen molar-refractivity contribution in [1.82, 2.24) is 34.4 Å². The molecule has 0 aliphatic carbocycles. The van der Waals surface area contributed by atoms with Crippen molar-refractivity contribution in [2.45, 2.75) is 25.4 Å². The molecule has 40 heavy (non-hydrogen) atoms. The molecule has 1 aliphatic heterocycles. The summed E-state index contributed by atoms with van der Waals surface area (Å²) in [4.78, 5) is 43.9. The maximum absolute atomic E-state index is 9.55. The Balaban J connectivity index is 0.000000406. The molecule has 0 saturated carbocycles. The Labute approximate surface area is 230 Å². The highest BCUT2D eigenvalue weighted by Gasteiger charge is 2.21. The number of hydrogen-bond donors (Lipinski definition) is 4. The molecular formula is C27H31N9O4. The van der Waals surface area contributed by atoms with E-state index < -0.39 is 11.9 Å². The molecule has 4 aromatic rings. The van der Waals surface area contributed by atoms with Gasteiger partial charge in [0.2, 0.25) is 11.9 Å². The van der Waals surface area contributed by atoms with Gasteiger partial charge in [0, 0.05) is 69.2 Å². The zero-order valence-electron chi connectivity index (χ0n) is 21.8. The number of imidazole rings is 1. The van der Waals surface area contributed by atoms with Gasteiger partial charge in [-0.1, -0.05) is 6.07 Å². The van der Waals surface area contributed by atoms with Crippen molar-refractivity contribution in [3.05, 3.63) is 79.0 Å². The number of piperidine rings is 1. The number of carboxylic acids is 2. The van der Waals surface area contributed by atoms with Crippen molar-refractivity contribution >= 4 is 35.0 Å². The highest BCUT2D eigenvalue weighted by molar-refractivity contribution is 5.89. The second-order valence-electron chi connectivity index (χ2n) is 8.96. The van der Waals surface area contributed by atoms with E-state index in [0.29, 0.717) is 30.7 Å². The molecule has 1 aliphatic rings. The number of rotatable bonds is 10. The Kier molecular flexibility index (Phi) is 10.0. The predicted octanol–water partition coefficient (Wildman–Crippen LogP) is 2.36. The van der Waals surface area contributed by atoms with Crippen LogP contribution in [0.4, 0.5) is 11.9 Å². The maximum Gasteiger partial charge on any atom is 0.328 e. The van der Waals surface area contributed by atoms with Crippen LogP contribution in [-0.4, -0.2) is 88.8 Å². The van der Waals surface area contributed by atoms with Gasteiger partial charge in [0.25, 0.3) is 0 Å². The zero-order valence-corrected chi connectivity index (χ0v) is 21.8. The van der Waals surface area contributed by atoms with E-state index in [1.165, 1.54) is 0 Å². The van der Waals surface area contributed by atoms with Gasteiger partial charge >= 0.3 is 11.9 Å². The first-order valence-electron chi connectivity index (χ1n) is 12.8. The Hall–Kier alpha value is -4.91. The van der Waals surface area contributed by atoms with Crippen LogP contribution in [-0.2, 0) is 16.1 Å². The lowest BCUT2D eigenvalue weighted by Gasteiger charge is -2.32. The minimum atomic E-state index is -1.26. The Bertz CT molecular complexity index is 1390. The summed E-state index contributed by atoms with van der Waals surface area (Å²) in [7, 11) is 0. The smallest absolute Gasteiger partial charge is 0.328 e. The second kappa shape index (κ2) is 14.3. The molecule has 13 heteroatoms. The molecular weight excluding hydrogens is 514 g/mol. The number of carboxylic acid groups (broad SMARTS) is 2. The molecule has 0 radical (unpaired) electrons. The SMILES string of the molecule is O=C(O)C=CC(=O)O.c1ccc(Cn2c(NC3CCN(CCNc4ncccn4)CC3)nc3cccnc32)nc1. The van der Waals surface area contributed by atoms with Gasteiger partial charge < -0.3 is 25.7 Å². The first kappa shape index (κ1) is 28.1. The lowest BCUT2D eigenvalue weighted by atomic mass is 10.1. The van der Waals surface area contributed by atoms with Crippen molar-refractivity contribution in [1.29, 1.82) is 0 Å². The summed E-state index contributed by atoms with van der Waals surface area (Å²) in [6.07, 6.45) is 10.4. The minimum Gasteiger partial charge on any atom is -0.478 e. The van der Waals surface area contributed by atoms with Crippen LogP contribution >= 0.6 is 0 Å². The number of nitrogens with zero attached hydrogens (tertiary/aromatic N) is 7. The molecule has 4 N–H and O–H groups in total. The van der Waals surface area contributed by atoms with Crippen LogP contribution in [0.5, 0.6) is 0 Å². The molecule has 5 heterocycles. The Morgan fingerprint density at radius 2 is 1.60 bits per heavy atom. The van der Waals surface area contributed by atoms with Gasteiger partial charge in [-0.2, -0.15) is 0 Å². The standard InChI is InChI=1S/C23H27N9.C4H4O4/c1-2-9-24-19(5-1)17-32-21-20(6-3-10-25-21)30-23(32)29-18-7-14-31(15-8-18)16-13-28-22-26-11-4-12-27-22;5-3(6)1-2-4(7)8/h1-6,9-12,18H,7-8,13-17H2,(H,29,30)(H,26,27,28);1-2H,(H,5,6)(H,7,8). The van der Waals surface area contributed by atoms with Crippen LogP contribution in [0.3, 0.4) is 0 Å². The van der Waals surface area contributed by atoms with E-state index in [1.54, 1.807) is 12.4 Å². The van der Waals surface area contributed by atoms with Crippen molar-refractivity contribution in [3.63, 3.8) is 0 Å². The predicted molar refractivity (Wildman–Crippen MR) is 149 cm³/mol. The molecule has 4 aromatic heterocycles. The number of aromatic nitrogens is 6. The largest absolute Gasteiger partial charge is 0.478 e. The van der Waals surface area contributed by atoms with Gasteiger partial charge in [0.05, 0.1) is 12.2 Å². The average molecular weight is 546 g/mol. The molecule has 13 nitrogen and oxygen atoms in total. The summed E-state index contributed by atoms with van der Waals surface area (Å²) in [6, 6.07) is 12.1. The van der Waals surface area contributed by atoms with Gasteiger partial charge in [-0.15, -0.1) is 0 Å².